The number of likely N-dealkylation sites (tertiary alicyclic amines) is 1. The van der Waals surface area contributed by atoms with Crippen LogP contribution in [0.2, 0.25) is 0 Å². The molecule has 2 aliphatic heterocycles. The number of aryl methyl sites for hydroxylation is 1. The Bertz CT molecular complexity index is 463. The standard InChI is InChI=1S/C16H28N4O/c1-12(2)19-7-5-13(6-8-19)9-15-17-16-4-3-14(11-21)10-20(16)18-15/h12-14,21H,3-11H2,1-2H3. The summed E-state index contributed by atoms with van der Waals surface area (Å²) in [4.78, 5) is 7.29. The van der Waals surface area contributed by atoms with Gasteiger partial charge < -0.3 is 10.0 Å². The third-order valence-electron chi connectivity index (χ3n) is 5.11. The van der Waals surface area contributed by atoms with Crippen LogP contribution >= 0.6 is 0 Å². The van der Waals surface area contributed by atoms with Gasteiger partial charge in [0.15, 0.2) is 5.82 Å². The lowest BCUT2D eigenvalue weighted by Gasteiger charge is -2.34. The van der Waals surface area contributed by atoms with Gasteiger partial charge in [0.1, 0.15) is 5.82 Å². The predicted molar refractivity (Wildman–Crippen MR) is 82.1 cm³/mol. The quantitative estimate of drug-likeness (QED) is 0.913. The van der Waals surface area contributed by atoms with E-state index < -0.39 is 0 Å². The normalized spacial score (nSPS) is 24.5. The fraction of sp³-hybridized carbons (Fsp3) is 0.875. The molecule has 5 heteroatoms. The van der Waals surface area contributed by atoms with E-state index in [1.54, 1.807) is 0 Å². The van der Waals surface area contributed by atoms with Crippen LogP contribution in [0.25, 0.3) is 0 Å². The fourth-order valence-electron chi connectivity index (χ4n) is 3.59. The Morgan fingerprint density at radius 2 is 1.95 bits per heavy atom. The first-order chi connectivity index (χ1) is 10.2. The van der Waals surface area contributed by atoms with Gasteiger partial charge in [-0.05, 0) is 52.1 Å². The van der Waals surface area contributed by atoms with Gasteiger partial charge in [0.25, 0.3) is 0 Å². The number of nitrogens with zero attached hydrogens (tertiary/aromatic N) is 4. The molecule has 1 saturated heterocycles. The molecule has 1 N–H and O–H groups in total. The second-order valence-corrected chi connectivity index (χ2v) is 6.99. The second kappa shape index (κ2) is 6.44. The van der Waals surface area contributed by atoms with Gasteiger partial charge in [-0.2, -0.15) is 5.10 Å². The Morgan fingerprint density at radius 1 is 1.19 bits per heavy atom. The van der Waals surface area contributed by atoms with E-state index in [2.05, 4.69) is 23.8 Å². The van der Waals surface area contributed by atoms with Crippen molar-refractivity contribution in [1.82, 2.24) is 19.7 Å². The fourth-order valence-corrected chi connectivity index (χ4v) is 3.59. The predicted octanol–water partition coefficient (Wildman–Crippen LogP) is 1.50. The lowest BCUT2D eigenvalue weighted by molar-refractivity contribution is 0.148. The number of hydrogen-bond donors (Lipinski definition) is 1. The average Bonchev–Trinajstić information content (AvgIpc) is 2.88. The van der Waals surface area contributed by atoms with E-state index in [1.807, 2.05) is 4.68 Å². The summed E-state index contributed by atoms with van der Waals surface area (Å²) < 4.78 is 2.03. The van der Waals surface area contributed by atoms with E-state index in [1.165, 1.54) is 25.9 Å². The van der Waals surface area contributed by atoms with E-state index in [0.717, 1.165) is 43.4 Å². The van der Waals surface area contributed by atoms with Crippen LogP contribution in [0, 0.1) is 11.8 Å². The second-order valence-electron chi connectivity index (χ2n) is 6.99. The van der Waals surface area contributed by atoms with Crippen LogP contribution in [0.5, 0.6) is 0 Å². The number of aliphatic hydroxyl groups is 1. The summed E-state index contributed by atoms with van der Waals surface area (Å²) >= 11 is 0. The van der Waals surface area contributed by atoms with Crippen molar-refractivity contribution in [2.45, 2.75) is 58.5 Å². The Balaban J connectivity index is 1.56. The van der Waals surface area contributed by atoms with Crippen molar-refractivity contribution >= 4 is 0 Å². The smallest absolute Gasteiger partial charge is 0.151 e. The average molecular weight is 292 g/mol. The first-order valence-corrected chi connectivity index (χ1v) is 8.43. The molecule has 0 bridgehead atoms. The Morgan fingerprint density at radius 3 is 2.62 bits per heavy atom. The number of rotatable bonds is 4. The minimum absolute atomic E-state index is 0.266. The Labute approximate surface area is 127 Å². The van der Waals surface area contributed by atoms with Crippen molar-refractivity contribution in [1.29, 1.82) is 0 Å². The molecule has 21 heavy (non-hydrogen) atoms. The summed E-state index contributed by atoms with van der Waals surface area (Å²) in [5.41, 5.74) is 0. The lowest BCUT2D eigenvalue weighted by Crippen LogP contribution is -2.38. The van der Waals surface area contributed by atoms with Crippen molar-refractivity contribution in [3.8, 4) is 0 Å². The van der Waals surface area contributed by atoms with Crippen molar-refractivity contribution < 1.29 is 5.11 Å². The highest BCUT2D eigenvalue weighted by molar-refractivity contribution is 4.98. The Hall–Kier alpha value is -0.940. The van der Waals surface area contributed by atoms with Crippen molar-refractivity contribution in [3.63, 3.8) is 0 Å². The summed E-state index contributed by atoms with van der Waals surface area (Å²) in [5.74, 6) is 3.24. The van der Waals surface area contributed by atoms with Crippen LogP contribution in [-0.4, -0.2) is 50.5 Å². The molecule has 2 aliphatic rings. The largest absolute Gasteiger partial charge is 0.396 e. The molecule has 0 aliphatic carbocycles. The van der Waals surface area contributed by atoms with Crippen molar-refractivity contribution in [3.05, 3.63) is 11.6 Å². The maximum atomic E-state index is 9.29. The van der Waals surface area contributed by atoms with Gasteiger partial charge in [-0.1, -0.05) is 0 Å². The molecule has 3 rings (SSSR count). The number of aromatic nitrogens is 3. The molecule has 1 fully saturated rings. The van der Waals surface area contributed by atoms with Crippen LogP contribution in [0.15, 0.2) is 0 Å². The van der Waals surface area contributed by atoms with E-state index >= 15 is 0 Å². The molecule has 0 spiro atoms. The molecule has 1 aromatic rings. The van der Waals surface area contributed by atoms with Crippen molar-refractivity contribution in [2.75, 3.05) is 19.7 Å². The zero-order chi connectivity index (χ0) is 14.8. The SMILES string of the molecule is CC(C)N1CCC(Cc2nc3n(n2)CC(CO)CC3)CC1. The van der Waals surface area contributed by atoms with Crippen LogP contribution in [0.1, 0.15) is 44.8 Å². The number of hydrogen-bond acceptors (Lipinski definition) is 4. The zero-order valence-electron chi connectivity index (χ0n) is 13.3. The summed E-state index contributed by atoms with van der Waals surface area (Å²) in [5, 5.41) is 14.0. The number of fused-ring (bicyclic) bond motifs is 1. The molecule has 0 saturated carbocycles. The third-order valence-corrected chi connectivity index (χ3v) is 5.11. The van der Waals surface area contributed by atoms with Crippen LogP contribution in [0.3, 0.4) is 0 Å². The Kier molecular flexibility index (Phi) is 4.60. The van der Waals surface area contributed by atoms with E-state index in [0.29, 0.717) is 12.0 Å². The molecule has 1 aromatic heterocycles. The van der Waals surface area contributed by atoms with Gasteiger partial charge in [0, 0.05) is 38.0 Å². The highest BCUT2D eigenvalue weighted by Crippen LogP contribution is 2.23. The molecular formula is C16H28N4O. The third kappa shape index (κ3) is 3.46. The van der Waals surface area contributed by atoms with Gasteiger partial charge in [0.2, 0.25) is 0 Å². The highest BCUT2D eigenvalue weighted by atomic mass is 16.3. The monoisotopic (exact) mass is 292 g/mol. The van der Waals surface area contributed by atoms with Crippen molar-refractivity contribution in [2.24, 2.45) is 11.8 Å². The topological polar surface area (TPSA) is 54.2 Å². The van der Waals surface area contributed by atoms with E-state index in [-0.39, 0.29) is 6.61 Å². The molecule has 118 valence electrons. The molecule has 0 aromatic carbocycles. The first-order valence-electron chi connectivity index (χ1n) is 8.43. The maximum Gasteiger partial charge on any atom is 0.151 e. The van der Waals surface area contributed by atoms with E-state index in [4.69, 9.17) is 4.98 Å². The molecule has 1 atom stereocenters. The molecule has 5 nitrogen and oxygen atoms in total. The first kappa shape index (κ1) is 15.0. The molecule has 0 amide bonds. The van der Waals surface area contributed by atoms with Crippen LogP contribution in [0.4, 0.5) is 0 Å². The number of piperidine rings is 1. The van der Waals surface area contributed by atoms with Gasteiger partial charge in [-0.15, -0.1) is 0 Å². The maximum absolute atomic E-state index is 9.29. The summed E-state index contributed by atoms with van der Waals surface area (Å²) in [6.07, 6.45) is 5.56. The summed E-state index contributed by atoms with van der Waals surface area (Å²) in [6.45, 7) is 8.09. The summed E-state index contributed by atoms with van der Waals surface area (Å²) in [6, 6.07) is 0.666. The van der Waals surface area contributed by atoms with Gasteiger partial charge in [-0.3, -0.25) is 0 Å². The lowest BCUT2D eigenvalue weighted by atomic mass is 9.92. The number of aliphatic hydroxyl groups excluding tert-OH is 1. The summed E-state index contributed by atoms with van der Waals surface area (Å²) in [7, 11) is 0. The van der Waals surface area contributed by atoms with Gasteiger partial charge in [0.05, 0.1) is 0 Å². The van der Waals surface area contributed by atoms with E-state index in [9.17, 15) is 5.11 Å². The minimum atomic E-state index is 0.266. The van der Waals surface area contributed by atoms with Crippen LogP contribution in [-0.2, 0) is 19.4 Å². The highest BCUT2D eigenvalue weighted by Gasteiger charge is 2.25. The molecule has 0 radical (unpaired) electrons. The van der Waals surface area contributed by atoms with Crippen LogP contribution < -0.4 is 0 Å². The minimum Gasteiger partial charge on any atom is -0.396 e. The van der Waals surface area contributed by atoms with Gasteiger partial charge >= 0.3 is 0 Å². The zero-order valence-corrected chi connectivity index (χ0v) is 13.3. The van der Waals surface area contributed by atoms with Gasteiger partial charge in [-0.25, -0.2) is 9.67 Å². The molecular weight excluding hydrogens is 264 g/mol. The molecule has 3 heterocycles. The molecule has 1 unspecified atom stereocenters.